The molecular formula is C12H12N2O3. The zero-order valence-electron chi connectivity index (χ0n) is 9.19. The van der Waals surface area contributed by atoms with Crippen LogP contribution in [-0.4, -0.2) is 21.2 Å². The molecule has 1 aliphatic rings. The van der Waals surface area contributed by atoms with Gasteiger partial charge in [0, 0.05) is 5.69 Å². The molecular weight excluding hydrogens is 220 g/mol. The quantitative estimate of drug-likeness (QED) is 0.832. The van der Waals surface area contributed by atoms with E-state index < -0.39 is 5.97 Å². The van der Waals surface area contributed by atoms with Gasteiger partial charge in [0.1, 0.15) is 5.56 Å². The molecule has 0 unspecified atom stereocenters. The fourth-order valence-electron chi connectivity index (χ4n) is 2.31. The number of fused-ring (bicyclic) bond motifs is 1. The van der Waals surface area contributed by atoms with Gasteiger partial charge in [-0.1, -0.05) is 5.16 Å². The van der Waals surface area contributed by atoms with Gasteiger partial charge in [-0.25, -0.2) is 4.79 Å². The molecule has 0 atom stereocenters. The van der Waals surface area contributed by atoms with E-state index in [9.17, 15) is 4.79 Å². The standard InChI is InChI=1S/C12H12N2O3/c15-12(16)8-6-13-17-11(8)10-5-7-3-1-2-4-9(7)14-10/h5-6,14H,1-4H2,(H,15,16). The third-order valence-corrected chi connectivity index (χ3v) is 3.16. The van der Waals surface area contributed by atoms with E-state index in [1.165, 1.54) is 30.3 Å². The second-order valence-corrected chi connectivity index (χ2v) is 4.27. The van der Waals surface area contributed by atoms with Crippen LogP contribution in [0, 0.1) is 0 Å². The van der Waals surface area contributed by atoms with Crippen LogP contribution in [0.2, 0.25) is 0 Å². The highest BCUT2D eigenvalue weighted by Crippen LogP contribution is 2.29. The zero-order valence-corrected chi connectivity index (χ0v) is 9.19. The van der Waals surface area contributed by atoms with Crippen LogP contribution in [0.5, 0.6) is 0 Å². The summed E-state index contributed by atoms with van der Waals surface area (Å²) < 4.78 is 5.03. The normalized spacial score (nSPS) is 14.6. The highest BCUT2D eigenvalue weighted by atomic mass is 16.5. The van der Waals surface area contributed by atoms with Crippen LogP contribution >= 0.6 is 0 Å². The van der Waals surface area contributed by atoms with Gasteiger partial charge in [-0.15, -0.1) is 0 Å². The Bertz CT molecular complexity index is 545. The maximum atomic E-state index is 11.0. The van der Waals surface area contributed by atoms with Crippen LogP contribution in [0.1, 0.15) is 34.5 Å². The first-order valence-electron chi connectivity index (χ1n) is 5.65. The van der Waals surface area contributed by atoms with Crippen molar-refractivity contribution >= 4 is 5.97 Å². The van der Waals surface area contributed by atoms with Crippen molar-refractivity contribution in [2.24, 2.45) is 0 Å². The van der Waals surface area contributed by atoms with Crippen molar-refractivity contribution in [2.75, 3.05) is 0 Å². The number of hydrogen-bond acceptors (Lipinski definition) is 3. The van der Waals surface area contributed by atoms with Gasteiger partial charge in [0.2, 0.25) is 0 Å². The van der Waals surface area contributed by atoms with E-state index in [0.29, 0.717) is 11.5 Å². The minimum absolute atomic E-state index is 0.101. The van der Waals surface area contributed by atoms with Crippen molar-refractivity contribution in [1.29, 1.82) is 0 Å². The van der Waals surface area contributed by atoms with E-state index in [1.807, 2.05) is 6.07 Å². The summed E-state index contributed by atoms with van der Waals surface area (Å²) in [5.74, 6) is -0.708. The number of aromatic nitrogens is 2. The van der Waals surface area contributed by atoms with Crippen molar-refractivity contribution in [1.82, 2.24) is 10.1 Å². The first kappa shape index (κ1) is 10.1. The van der Waals surface area contributed by atoms with E-state index in [2.05, 4.69) is 10.1 Å². The van der Waals surface area contributed by atoms with Crippen molar-refractivity contribution in [2.45, 2.75) is 25.7 Å². The fourth-order valence-corrected chi connectivity index (χ4v) is 2.31. The topological polar surface area (TPSA) is 79.1 Å². The summed E-state index contributed by atoms with van der Waals surface area (Å²) in [5.41, 5.74) is 3.27. The molecule has 1 aliphatic carbocycles. The van der Waals surface area contributed by atoms with Gasteiger partial charge in [0.25, 0.3) is 0 Å². The lowest BCUT2D eigenvalue weighted by Gasteiger charge is -2.08. The zero-order chi connectivity index (χ0) is 11.8. The van der Waals surface area contributed by atoms with E-state index in [4.69, 9.17) is 9.63 Å². The Morgan fingerprint density at radius 3 is 3.00 bits per heavy atom. The molecule has 0 saturated heterocycles. The number of aromatic carboxylic acids is 1. The van der Waals surface area contributed by atoms with Crippen LogP contribution in [0.4, 0.5) is 0 Å². The van der Waals surface area contributed by atoms with Gasteiger partial charge >= 0.3 is 5.97 Å². The Morgan fingerprint density at radius 1 is 1.41 bits per heavy atom. The molecule has 0 fully saturated rings. The summed E-state index contributed by atoms with van der Waals surface area (Å²) in [6.07, 6.45) is 5.66. The SMILES string of the molecule is O=C(O)c1cnoc1-c1cc2c([nH]1)CCCC2. The number of aryl methyl sites for hydroxylation is 2. The Hall–Kier alpha value is -2.04. The molecule has 5 heteroatoms. The molecule has 0 aromatic carbocycles. The van der Waals surface area contributed by atoms with Gasteiger partial charge in [-0.2, -0.15) is 0 Å². The number of carboxylic acids is 1. The molecule has 0 amide bonds. The van der Waals surface area contributed by atoms with Gasteiger partial charge in [-0.3, -0.25) is 0 Å². The monoisotopic (exact) mass is 232 g/mol. The second kappa shape index (κ2) is 3.76. The van der Waals surface area contributed by atoms with Gasteiger partial charge < -0.3 is 14.6 Å². The molecule has 0 aliphatic heterocycles. The number of H-pyrrole nitrogens is 1. The van der Waals surface area contributed by atoms with Crippen LogP contribution in [0.15, 0.2) is 16.8 Å². The van der Waals surface area contributed by atoms with Crippen molar-refractivity contribution in [3.05, 3.63) is 29.1 Å². The summed E-state index contributed by atoms with van der Waals surface area (Å²) in [5, 5.41) is 12.6. The third kappa shape index (κ3) is 1.63. The molecule has 0 spiro atoms. The minimum atomic E-state index is -1.02. The number of hydrogen-bond donors (Lipinski definition) is 2. The van der Waals surface area contributed by atoms with Crippen molar-refractivity contribution in [3.8, 4) is 11.5 Å². The Labute approximate surface area is 97.4 Å². The third-order valence-electron chi connectivity index (χ3n) is 3.16. The largest absolute Gasteiger partial charge is 0.477 e. The highest BCUT2D eigenvalue weighted by molar-refractivity contribution is 5.93. The van der Waals surface area contributed by atoms with Crippen molar-refractivity contribution < 1.29 is 14.4 Å². The average Bonchev–Trinajstić information content (AvgIpc) is 2.95. The lowest BCUT2D eigenvalue weighted by molar-refractivity contribution is 0.0697. The van der Waals surface area contributed by atoms with Crippen molar-refractivity contribution in [3.63, 3.8) is 0 Å². The van der Waals surface area contributed by atoms with Gasteiger partial charge in [-0.05, 0) is 37.3 Å². The average molecular weight is 232 g/mol. The van der Waals surface area contributed by atoms with E-state index in [1.54, 1.807) is 0 Å². The molecule has 17 heavy (non-hydrogen) atoms. The molecule has 0 saturated carbocycles. The molecule has 2 N–H and O–H groups in total. The number of nitrogens with zero attached hydrogens (tertiary/aromatic N) is 1. The fraction of sp³-hybridized carbons (Fsp3) is 0.333. The van der Waals surface area contributed by atoms with Crippen LogP contribution < -0.4 is 0 Å². The molecule has 2 aromatic heterocycles. The molecule has 3 rings (SSSR count). The molecule has 2 heterocycles. The molecule has 2 aromatic rings. The first-order valence-corrected chi connectivity index (χ1v) is 5.65. The maximum absolute atomic E-state index is 11.0. The Balaban J connectivity index is 2.06. The number of aromatic amines is 1. The lowest BCUT2D eigenvalue weighted by Crippen LogP contribution is -1.99. The maximum Gasteiger partial charge on any atom is 0.341 e. The van der Waals surface area contributed by atoms with E-state index >= 15 is 0 Å². The number of carbonyl (C=O) groups is 1. The second-order valence-electron chi connectivity index (χ2n) is 4.27. The Kier molecular flexibility index (Phi) is 2.24. The molecule has 5 nitrogen and oxygen atoms in total. The van der Waals surface area contributed by atoms with Crippen LogP contribution in [0.3, 0.4) is 0 Å². The molecule has 0 bridgehead atoms. The highest BCUT2D eigenvalue weighted by Gasteiger charge is 2.21. The van der Waals surface area contributed by atoms with Crippen LogP contribution in [0.25, 0.3) is 11.5 Å². The lowest BCUT2D eigenvalue weighted by atomic mass is 9.98. The summed E-state index contributed by atoms with van der Waals surface area (Å²) in [4.78, 5) is 14.2. The summed E-state index contributed by atoms with van der Waals surface area (Å²) >= 11 is 0. The Morgan fingerprint density at radius 2 is 2.24 bits per heavy atom. The number of nitrogens with one attached hydrogen (secondary N) is 1. The molecule has 88 valence electrons. The summed E-state index contributed by atoms with van der Waals surface area (Å²) in [7, 11) is 0. The predicted octanol–water partition coefficient (Wildman–Crippen LogP) is 2.25. The molecule has 0 radical (unpaired) electrons. The predicted molar refractivity (Wildman–Crippen MR) is 59.9 cm³/mol. The minimum Gasteiger partial charge on any atom is -0.477 e. The summed E-state index contributed by atoms with van der Waals surface area (Å²) in [6.45, 7) is 0. The van der Waals surface area contributed by atoms with E-state index in [0.717, 1.165) is 12.8 Å². The van der Waals surface area contributed by atoms with Gasteiger partial charge in [0.15, 0.2) is 5.76 Å². The van der Waals surface area contributed by atoms with Gasteiger partial charge in [0.05, 0.1) is 11.9 Å². The van der Waals surface area contributed by atoms with Crippen LogP contribution in [-0.2, 0) is 12.8 Å². The number of rotatable bonds is 2. The van der Waals surface area contributed by atoms with E-state index in [-0.39, 0.29) is 5.56 Å². The number of carboxylic acid groups (broad SMARTS) is 1. The smallest absolute Gasteiger partial charge is 0.341 e. The summed E-state index contributed by atoms with van der Waals surface area (Å²) in [6, 6.07) is 1.97. The first-order chi connectivity index (χ1) is 8.25.